The molecule has 8 nitrogen and oxygen atoms in total. The van der Waals surface area contributed by atoms with E-state index in [2.05, 4.69) is 6.92 Å². The first-order valence-corrected chi connectivity index (χ1v) is 15.4. The van der Waals surface area contributed by atoms with Crippen molar-refractivity contribution in [2.24, 2.45) is 0 Å². The molecule has 2 aliphatic rings. The van der Waals surface area contributed by atoms with E-state index >= 15 is 0 Å². The lowest BCUT2D eigenvalue weighted by Gasteiger charge is -2.37. The lowest BCUT2D eigenvalue weighted by molar-refractivity contribution is -0.253. The summed E-state index contributed by atoms with van der Waals surface area (Å²) < 4.78 is 24.9. The normalized spacial score (nSPS) is 28.3. The zero-order valence-electron chi connectivity index (χ0n) is 24.4. The summed E-state index contributed by atoms with van der Waals surface area (Å²) in [6, 6.07) is 13.8. The summed E-state index contributed by atoms with van der Waals surface area (Å²) in [6.45, 7) is 4.08. The molecule has 2 heterocycles. The van der Waals surface area contributed by atoms with Crippen molar-refractivity contribution in [1.82, 2.24) is 0 Å². The van der Waals surface area contributed by atoms with Crippen molar-refractivity contribution in [2.75, 3.05) is 0 Å². The second kappa shape index (κ2) is 15.9. The molecule has 228 valence electrons. The Hall–Kier alpha value is -2.20. The zero-order valence-corrected chi connectivity index (χ0v) is 24.4. The smallest absolute Gasteiger partial charge is 0.184 e. The Morgan fingerprint density at radius 1 is 0.634 bits per heavy atom. The van der Waals surface area contributed by atoms with Crippen LogP contribution in [-0.4, -0.2) is 57.0 Å². The first kappa shape index (κ1) is 31.7. The topological polar surface area (TPSA) is 118 Å². The summed E-state index contributed by atoms with van der Waals surface area (Å²) in [4.78, 5) is 0. The van der Waals surface area contributed by atoms with Crippen LogP contribution in [0.4, 0.5) is 0 Å². The molecule has 2 aromatic carbocycles. The number of aliphatic hydroxyl groups excluding tert-OH is 2. The molecule has 4 rings (SSSR count). The second-order valence-corrected chi connectivity index (χ2v) is 11.6. The molecule has 2 aromatic rings. The zero-order chi connectivity index (χ0) is 29.2. The molecule has 2 saturated heterocycles. The predicted octanol–water partition coefficient (Wildman–Crippen LogP) is 6.42. The fourth-order valence-electron chi connectivity index (χ4n) is 5.72. The van der Waals surface area contributed by atoms with Crippen molar-refractivity contribution in [2.45, 2.75) is 134 Å². The fraction of sp³-hybridized carbons (Fsp3) is 0.636. The van der Waals surface area contributed by atoms with E-state index in [4.69, 9.17) is 18.9 Å². The molecule has 0 saturated carbocycles. The van der Waals surface area contributed by atoms with Crippen molar-refractivity contribution in [3.8, 4) is 11.5 Å². The van der Waals surface area contributed by atoms with Crippen LogP contribution in [0, 0.1) is 0 Å². The van der Waals surface area contributed by atoms with Crippen LogP contribution in [0.25, 0.3) is 0 Å². The minimum Gasteiger partial charge on any atom is -0.508 e. The van der Waals surface area contributed by atoms with E-state index in [0.29, 0.717) is 12.8 Å². The van der Waals surface area contributed by atoms with Gasteiger partial charge in [0.15, 0.2) is 12.6 Å². The van der Waals surface area contributed by atoms with Crippen LogP contribution >= 0.6 is 0 Å². The van der Waals surface area contributed by atoms with Gasteiger partial charge >= 0.3 is 0 Å². The molecule has 0 spiro atoms. The number of phenols is 2. The van der Waals surface area contributed by atoms with E-state index in [1.165, 1.54) is 0 Å². The van der Waals surface area contributed by atoms with Crippen LogP contribution in [0.2, 0.25) is 0 Å². The third-order valence-corrected chi connectivity index (χ3v) is 8.23. The Morgan fingerprint density at radius 2 is 1.07 bits per heavy atom. The van der Waals surface area contributed by atoms with Crippen LogP contribution < -0.4 is 0 Å². The maximum atomic E-state index is 10.9. The van der Waals surface area contributed by atoms with Gasteiger partial charge < -0.3 is 39.4 Å². The number of rotatable bonds is 14. The Balaban J connectivity index is 1.28. The Bertz CT molecular complexity index is 1010. The maximum Gasteiger partial charge on any atom is 0.184 e. The molecule has 41 heavy (non-hydrogen) atoms. The predicted molar refractivity (Wildman–Crippen MR) is 155 cm³/mol. The van der Waals surface area contributed by atoms with E-state index in [-0.39, 0.29) is 42.0 Å². The van der Waals surface area contributed by atoms with Crippen LogP contribution in [-0.2, 0) is 18.9 Å². The van der Waals surface area contributed by atoms with Crippen molar-refractivity contribution in [1.29, 1.82) is 0 Å². The average Bonchev–Trinajstić information content (AvgIpc) is 2.97. The summed E-state index contributed by atoms with van der Waals surface area (Å²) in [5.74, 6) is 0.404. The lowest BCUT2D eigenvalue weighted by Crippen LogP contribution is -2.36. The fourth-order valence-corrected chi connectivity index (χ4v) is 5.72. The molecule has 4 N–H and O–H groups in total. The molecular formula is C33H48O8. The van der Waals surface area contributed by atoms with Gasteiger partial charge in [0.05, 0.1) is 36.6 Å². The SMILES string of the molecule is CCC(O)CCCC1CC(CCCC(O)CC2CC(CC)OC(c3ccc(O)cc3)O2)OC(c2ccc(O)cc2)O1. The van der Waals surface area contributed by atoms with Crippen molar-refractivity contribution >= 4 is 0 Å². The van der Waals surface area contributed by atoms with E-state index in [9.17, 15) is 20.4 Å². The summed E-state index contributed by atoms with van der Waals surface area (Å²) in [5.41, 5.74) is 1.73. The number of hydrogen-bond donors (Lipinski definition) is 4. The second-order valence-electron chi connectivity index (χ2n) is 11.6. The Kier molecular flexibility index (Phi) is 12.3. The molecule has 8 atom stereocenters. The monoisotopic (exact) mass is 572 g/mol. The molecule has 8 heteroatoms. The number of ether oxygens (including phenoxy) is 4. The molecule has 0 radical (unpaired) electrons. The van der Waals surface area contributed by atoms with Gasteiger partial charge in [0.2, 0.25) is 0 Å². The average molecular weight is 573 g/mol. The number of aromatic hydroxyl groups is 2. The van der Waals surface area contributed by atoms with Gasteiger partial charge in [-0.2, -0.15) is 0 Å². The van der Waals surface area contributed by atoms with Crippen molar-refractivity contribution < 1.29 is 39.4 Å². The van der Waals surface area contributed by atoms with Gasteiger partial charge in [0, 0.05) is 24.0 Å². The molecule has 0 amide bonds. The lowest BCUT2D eigenvalue weighted by atomic mass is 9.96. The van der Waals surface area contributed by atoms with Crippen LogP contribution in [0.5, 0.6) is 11.5 Å². The maximum absolute atomic E-state index is 10.9. The third kappa shape index (κ3) is 9.94. The van der Waals surface area contributed by atoms with Gasteiger partial charge in [-0.15, -0.1) is 0 Å². The molecule has 0 aliphatic carbocycles. The van der Waals surface area contributed by atoms with Gasteiger partial charge in [-0.1, -0.05) is 38.1 Å². The van der Waals surface area contributed by atoms with Gasteiger partial charge in [0.1, 0.15) is 11.5 Å². The van der Waals surface area contributed by atoms with Crippen molar-refractivity contribution in [3.63, 3.8) is 0 Å². The van der Waals surface area contributed by atoms with E-state index in [0.717, 1.165) is 68.9 Å². The number of aliphatic hydroxyl groups is 2. The van der Waals surface area contributed by atoms with Gasteiger partial charge in [-0.3, -0.25) is 0 Å². The van der Waals surface area contributed by atoms with Crippen molar-refractivity contribution in [3.05, 3.63) is 59.7 Å². The first-order valence-electron chi connectivity index (χ1n) is 15.4. The molecule has 2 fully saturated rings. The minimum atomic E-state index is -0.505. The Morgan fingerprint density at radius 3 is 1.56 bits per heavy atom. The molecular weight excluding hydrogens is 524 g/mol. The minimum absolute atomic E-state index is 0.00136. The highest BCUT2D eigenvalue weighted by atomic mass is 16.7. The summed E-state index contributed by atoms with van der Waals surface area (Å²) in [6.07, 6.45) is 6.69. The largest absolute Gasteiger partial charge is 0.508 e. The standard InChI is InChI=1S/C33H48O8/c1-3-24(34)7-5-9-29-21-30(40-33(39-29)23-13-17-26(36)18-14-23)10-6-8-27(37)19-31-20-28(4-2)38-32(41-31)22-11-15-25(35)16-12-22/h11-18,24,27-37H,3-10,19-21H2,1-2H3. The Labute approximate surface area is 244 Å². The number of phenolic OH excluding ortho intramolecular Hbond substituents is 2. The summed E-state index contributed by atoms with van der Waals surface area (Å²) in [7, 11) is 0. The van der Waals surface area contributed by atoms with Gasteiger partial charge in [-0.25, -0.2) is 0 Å². The molecule has 2 aliphatic heterocycles. The van der Waals surface area contributed by atoms with E-state index in [1.807, 2.05) is 31.2 Å². The van der Waals surface area contributed by atoms with Gasteiger partial charge in [0.25, 0.3) is 0 Å². The highest BCUT2D eigenvalue weighted by Gasteiger charge is 2.33. The molecule has 0 aromatic heterocycles. The highest BCUT2D eigenvalue weighted by Crippen LogP contribution is 2.36. The van der Waals surface area contributed by atoms with Crippen LogP contribution in [0.1, 0.15) is 108 Å². The highest BCUT2D eigenvalue weighted by molar-refractivity contribution is 5.27. The summed E-state index contributed by atoms with van der Waals surface area (Å²) >= 11 is 0. The van der Waals surface area contributed by atoms with Gasteiger partial charge in [-0.05, 0) is 82.1 Å². The molecule has 8 unspecified atom stereocenters. The van der Waals surface area contributed by atoms with Crippen LogP contribution in [0.15, 0.2) is 48.5 Å². The number of benzene rings is 2. The molecule has 0 bridgehead atoms. The first-order chi connectivity index (χ1) is 19.8. The van der Waals surface area contributed by atoms with Crippen LogP contribution in [0.3, 0.4) is 0 Å². The van der Waals surface area contributed by atoms with E-state index in [1.54, 1.807) is 24.3 Å². The van der Waals surface area contributed by atoms with E-state index < -0.39 is 18.7 Å². The summed E-state index contributed by atoms with van der Waals surface area (Å²) in [5, 5.41) is 40.2. The number of hydrogen-bond acceptors (Lipinski definition) is 8. The quantitative estimate of drug-likeness (QED) is 0.205. The third-order valence-electron chi connectivity index (χ3n) is 8.23.